The first-order chi connectivity index (χ1) is 29.9. The molecule has 4 rings (SSSR count). The summed E-state index contributed by atoms with van der Waals surface area (Å²) in [5, 5.41) is 19.0. The molecule has 2 aromatic rings. The van der Waals surface area contributed by atoms with Crippen LogP contribution in [0.2, 0.25) is 0 Å². The van der Waals surface area contributed by atoms with Crippen LogP contribution >= 0.6 is 0 Å². The minimum absolute atomic E-state index is 0.00537. The average Bonchev–Trinajstić information content (AvgIpc) is 3.75. The molecule has 9 N–H and O–H groups in total. The number of carbonyl (C=O) groups excluding carboxylic acids is 9. The molecule has 1 heterocycles. The van der Waals surface area contributed by atoms with E-state index in [9.17, 15) is 43.2 Å². The molecular formula is C45H63N9O9. The number of anilines is 1. The number of benzene rings is 2. The second-order valence-electron chi connectivity index (χ2n) is 16.6. The molecule has 0 radical (unpaired) electrons. The van der Waals surface area contributed by atoms with Crippen molar-refractivity contribution in [2.45, 2.75) is 123 Å². The number of carbonyl (C=O) groups is 9. The summed E-state index contributed by atoms with van der Waals surface area (Å²) in [5.74, 6) is -4.24. The third kappa shape index (κ3) is 13.4. The molecule has 0 spiro atoms. The van der Waals surface area contributed by atoms with E-state index in [0.29, 0.717) is 73.1 Å². The van der Waals surface area contributed by atoms with Crippen LogP contribution in [0.1, 0.15) is 118 Å². The standard InChI is InChI=1S/C45H63N9O9/c1-7-8-17-33(53-42(60)28(6)51-41(59)27(5)50-40(58)26(4)46)43(61)49-24-36(55)52-34(23-25(2)3)45(63)54-22-12-19-35(54)44(62)48-21-13-20-47-32-18-11-16-31-37(32)39(57)30-15-10-9-14-29(30)38(31)56/h9-11,14-16,18,25-28,33-35,47H,7-8,12-13,17,19-24,46H2,1-6H3,(H,48,62)(H,49,61)(H,50,58)(H,51,59)(H,52,55)(H,53,60)/t26-,27-,28-,33-,34-,35-/m0/s1. The molecule has 18 nitrogen and oxygen atoms in total. The van der Waals surface area contributed by atoms with E-state index in [-0.39, 0.29) is 42.8 Å². The van der Waals surface area contributed by atoms with Crippen LogP contribution in [0.5, 0.6) is 0 Å². The lowest BCUT2D eigenvalue weighted by Gasteiger charge is -2.29. The molecule has 0 aromatic heterocycles. The monoisotopic (exact) mass is 873 g/mol. The number of nitrogens with one attached hydrogen (secondary N) is 7. The van der Waals surface area contributed by atoms with Gasteiger partial charge in [-0.2, -0.15) is 0 Å². The van der Waals surface area contributed by atoms with Crippen LogP contribution in [0.25, 0.3) is 0 Å². The number of nitrogens with two attached hydrogens (primary N) is 1. The van der Waals surface area contributed by atoms with Crippen molar-refractivity contribution in [3.05, 3.63) is 64.7 Å². The van der Waals surface area contributed by atoms with Crippen molar-refractivity contribution in [3.8, 4) is 0 Å². The van der Waals surface area contributed by atoms with E-state index in [1.165, 1.54) is 25.7 Å². The van der Waals surface area contributed by atoms with Gasteiger partial charge in [0.25, 0.3) is 0 Å². The van der Waals surface area contributed by atoms with Crippen molar-refractivity contribution in [2.24, 2.45) is 11.7 Å². The Labute approximate surface area is 368 Å². The fourth-order valence-electron chi connectivity index (χ4n) is 7.45. The van der Waals surface area contributed by atoms with Crippen LogP contribution in [0.4, 0.5) is 5.69 Å². The molecular weight excluding hydrogens is 811 g/mol. The van der Waals surface area contributed by atoms with E-state index in [1.807, 2.05) is 20.8 Å². The Balaban J connectivity index is 1.27. The minimum atomic E-state index is -1.06. The largest absolute Gasteiger partial charge is 0.384 e. The zero-order chi connectivity index (χ0) is 46.4. The minimum Gasteiger partial charge on any atom is -0.384 e. The quantitative estimate of drug-likeness (QED) is 0.0662. The van der Waals surface area contributed by atoms with Gasteiger partial charge < -0.3 is 47.9 Å². The van der Waals surface area contributed by atoms with Crippen molar-refractivity contribution in [1.82, 2.24) is 36.8 Å². The smallest absolute Gasteiger partial charge is 0.245 e. The molecule has 1 saturated heterocycles. The van der Waals surface area contributed by atoms with E-state index in [4.69, 9.17) is 5.73 Å². The van der Waals surface area contributed by atoms with Gasteiger partial charge >= 0.3 is 0 Å². The first-order valence-corrected chi connectivity index (χ1v) is 21.8. The van der Waals surface area contributed by atoms with Crippen LogP contribution in [0.3, 0.4) is 0 Å². The summed E-state index contributed by atoms with van der Waals surface area (Å²) in [4.78, 5) is 119. The Kier molecular flexibility index (Phi) is 18.3. The number of likely N-dealkylation sites (tertiary alicyclic amines) is 1. The molecule has 1 aliphatic carbocycles. The lowest BCUT2D eigenvalue weighted by atomic mass is 9.83. The first kappa shape index (κ1) is 49.5. The van der Waals surface area contributed by atoms with Crippen molar-refractivity contribution >= 4 is 58.6 Å². The summed E-state index contributed by atoms with van der Waals surface area (Å²) in [6.07, 6.45) is 3.36. The van der Waals surface area contributed by atoms with Gasteiger partial charge in [0.1, 0.15) is 30.2 Å². The Morgan fingerprint density at radius 2 is 1.35 bits per heavy atom. The highest BCUT2D eigenvalue weighted by molar-refractivity contribution is 6.30. The van der Waals surface area contributed by atoms with E-state index in [1.54, 1.807) is 42.5 Å². The maximum Gasteiger partial charge on any atom is 0.245 e. The third-order valence-electron chi connectivity index (χ3n) is 10.9. The average molecular weight is 874 g/mol. The highest BCUT2D eigenvalue weighted by Crippen LogP contribution is 2.32. The molecule has 7 amide bonds. The number of nitrogens with zero attached hydrogens (tertiary/aromatic N) is 1. The summed E-state index contributed by atoms with van der Waals surface area (Å²) in [5.41, 5.74) is 7.47. The maximum atomic E-state index is 13.9. The zero-order valence-corrected chi connectivity index (χ0v) is 37.1. The van der Waals surface area contributed by atoms with Crippen LogP contribution in [-0.4, -0.2) is 120 Å². The number of hydrogen-bond acceptors (Lipinski definition) is 11. The second-order valence-corrected chi connectivity index (χ2v) is 16.6. The summed E-state index contributed by atoms with van der Waals surface area (Å²) < 4.78 is 0. The molecule has 2 aliphatic rings. The molecule has 6 atom stereocenters. The van der Waals surface area contributed by atoms with E-state index in [2.05, 4.69) is 37.2 Å². The van der Waals surface area contributed by atoms with E-state index < -0.39 is 78.2 Å². The van der Waals surface area contributed by atoms with Crippen LogP contribution in [0.15, 0.2) is 42.5 Å². The van der Waals surface area contributed by atoms with Crippen molar-refractivity contribution < 1.29 is 43.2 Å². The molecule has 0 bridgehead atoms. The van der Waals surface area contributed by atoms with Gasteiger partial charge in [0.05, 0.1) is 18.2 Å². The summed E-state index contributed by atoms with van der Waals surface area (Å²) in [7, 11) is 0. The van der Waals surface area contributed by atoms with Crippen molar-refractivity contribution in [1.29, 1.82) is 0 Å². The summed E-state index contributed by atoms with van der Waals surface area (Å²) in [6.45, 7) is 10.6. The normalized spacial score (nSPS) is 16.6. The fourth-order valence-corrected chi connectivity index (χ4v) is 7.45. The van der Waals surface area contributed by atoms with E-state index >= 15 is 0 Å². The number of ketones is 2. The summed E-state index contributed by atoms with van der Waals surface area (Å²) in [6, 6.07) is 6.25. The lowest BCUT2D eigenvalue weighted by Crippen LogP contribution is -2.57. The zero-order valence-electron chi connectivity index (χ0n) is 37.1. The Hall–Kier alpha value is -6.17. The van der Waals surface area contributed by atoms with Gasteiger partial charge in [-0.15, -0.1) is 0 Å². The number of fused-ring (bicyclic) bond motifs is 2. The Morgan fingerprint density at radius 3 is 2.00 bits per heavy atom. The lowest BCUT2D eigenvalue weighted by molar-refractivity contribution is -0.141. The van der Waals surface area contributed by atoms with Gasteiger partial charge in [0.15, 0.2) is 11.6 Å². The molecule has 0 saturated carbocycles. The Bertz CT molecular complexity index is 2040. The van der Waals surface area contributed by atoms with Gasteiger partial charge in [-0.05, 0) is 64.9 Å². The highest BCUT2D eigenvalue weighted by atomic mass is 16.2. The molecule has 1 aliphatic heterocycles. The molecule has 18 heteroatoms. The topological polar surface area (TPSA) is 267 Å². The number of unbranched alkanes of at least 4 members (excludes halogenated alkanes) is 1. The van der Waals surface area contributed by atoms with Crippen LogP contribution < -0.4 is 43.0 Å². The van der Waals surface area contributed by atoms with Crippen LogP contribution in [-0.2, 0) is 33.6 Å². The molecule has 2 aromatic carbocycles. The maximum absolute atomic E-state index is 13.9. The molecule has 342 valence electrons. The van der Waals surface area contributed by atoms with Crippen molar-refractivity contribution in [3.63, 3.8) is 0 Å². The van der Waals surface area contributed by atoms with Gasteiger partial charge in [-0.3, -0.25) is 43.2 Å². The molecule has 63 heavy (non-hydrogen) atoms. The summed E-state index contributed by atoms with van der Waals surface area (Å²) >= 11 is 0. The fraction of sp³-hybridized carbons (Fsp3) is 0.533. The highest BCUT2D eigenvalue weighted by Gasteiger charge is 2.38. The van der Waals surface area contributed by atoms with Crippen LogP contribution in [0, 0.1) is 5.92 Å². The third-order valence-corrected chi connectivity index (χ3v) is 10.9. The van der Waals surface area contributed by atoms with E-state index in [0.717, 1.165) is 0 Å². The second kappa shape index (κ2) is 23.3. The predicted octanol–water partition coefficient (Wildman–Crippen LogP) is 1.05. The van der Waals surface area contributed by atoms with Crippen molar-refractivity contribution in [2.75, 3.05) is 31.5 Å². The predicted molar refractivity (Wildman–Crippen MR) is 235 cm³/mol. The number of amides is 7. The number of hydrogen-bond donors (Lipinski definition) is 8. The Morgan fingerprint density at radius 1 is 0.714 bits per heavy atom. The first-order valence-electron chi connectivity index (χ1n) is 21.8. The molecule has 1 fully saturated rings. The van der Waals surface area contributed by atoms with Gasteiger partial charge in [-0.25, -0.2) is 0 Å². The molecule has 0 unspecified atom stereocenters. The van der Waals surface area contributed by atoms with Gasteiger partial charge in [0, 0.05) is 42.0 Å². The number of rotatable bonds is 22. The SMILES string of the molecule is CCCC[C@H](NC(=O)[C@H](C)NC(=O)[C@H](C)NC(=O)[C@H](C)N)C(=O)NCC(=O)N[C@@H](CC(C)C)C(=O)N1CCC[C@H]1C(=O)NCCCNc1cccc2c1C(=O)c1ccccc1C2=O. The van der Waals surface area contributed by atoms with Gasteiger partial charge in [-0.1, -0.05) is 70.0 Å². The van der Waals surface area contributed by atoms with Gasteiger partial charge in [0.2, 0.25) is 41.4 Å².